The number of piperazine rings is 1. The van der Waals surface area contributed by atoms with Crippen LogP contribution in [0.1, 0.15) is 19.3 Å². The van der Waals surface area contributed by atoms with Gasteiger partial charge in [-0.2, -0.15) is 0 Å². The molecule has 0 atom stereocenters. The van der Waals surface area contributed by atoms with Gasteiger partial charge in [0.2, 0.25) is 0 Å². The Bertz CT molecular complexity index is 160. The van der Waals surface area contributed by atoms with Crippen molar-refractivity contribution >= 4 is 0 Å². The lowest BCUT2D eigenvalue weighted by Crippen LogP contribution is -2.47. The zero-order chi connectivity index (χ0) is 9.80. The Hall–Kier alpha value is -0.120. The number of nitrogens with two attached hydrogens (primary N) is 1. The zero-order valence-corrected chi connectivity index (χ0v) is 9.12. The van der Waals surface area contributed by atoms with Crippen LogP contribution in [-0.2, 0) is 0 Å². The van der Waals surface area contributed by atoms with Crippen molar-refractivity contribution in [3.63, 3.8) is 0 Å². The van der Waals surface area contributed by atoms with Crippen molar-refractivity contribution in [2.75, 3.05) is 45.8 Å². The van der Waals surface area contributed by atoms with Gasteiger partial charge in [-0.25, -0.2) is 0 Å². The van der Waals surface area contributed by atoms with E-state index < -0.39 is 0 Å². The topological polar surface area (TPSA) is 32.5 Å². The van der Waals surface area contributed by atoms with E-state index in [1.165, 1.54) is 52.0 Å². The third kappa shape index (κ3) is 3.23. The maximum atomic E-state index is 5.55. The summed E-state index contributed by atoms with van der Waals surface area (Å²) in [6, 6.07) is 0. The van der Waals surface area contributed by atoms with Crippen LogP contribution in [-0.4, -0.2) is 55.6 Å². The Labute approximate surface area is 87.2 Å². The van der Waals surface area contributed by atoms with Gasteiger partial charge in [-0.1, -0.05) is 12.8 Å². The minimum Gasteiger partial charge on any atom is -0.329 e. The van der Waals surface area contributed by atoms with Gasteiger partial charge in [0.15, 0.2) is 0 Å². The summed E-state index contributed by atoms with van der Waals surface area (Å²) in [6.45, 7) is 8.18. The lowest BCUT2D eigenvalue weighted by Gasteiger charge is -2.34. The van der Waals surface area contributed by atoms with Crippen molar-refractivity contribution in [1.82, 2.24) is 9.80 Å². The Morgan fingerprint density at radius 1 is 0.929 bits per heavy atom. The summed E-state index contributed by atoms with van der Waals surface area (Å²) >= 11 is 0. The third-order valence-electron chi connectivity index (χ3n) is 3.46. The molecule has 0 aromatic rings. The lowest BCUT2D eigenvalue weighted by molar-refractivity contribution is 0.132. The second-order valence-electron chi connectivity index (χ2n) is 4.70. The number of hydrogen-bond donors (Lipinski definition) is 1. The fraction of sp³-hybridized carbons (Fsp3) is 1.00. The molecular weight excluding hydrogens is 174 g/mol. The number of hydrogen-bond acceptors (Lipinski definition) is 3. The SMILES string of the molecule is NCCN1CCN(CCC2CC2)CC1. The quantitative estimate of drug-likeness (QED) is 0.691. The molecule has 1 saturated heterocycles. The average Bonchev–Trinajstić information content (AvgIpc) is 3.01. The highest BCUT2D eigenvalue weighted by molar-refractivity contribution is 4.77. The molecule has 2 fully saturated rings. The third-order valence-corrected chi connectivity index (χ3v) is 3.46. The highest BCUT2D eigenvalue weighted by atomic mass is 15.3. The summed E-state index contributed by atoms with van der Waals surface area (Å²) in [5, 5.41) is 0. The predicted molar refractivity (Wildman–Crippen MR) is 59.3 cm³/mol. The van der Waals surface area contributed by atoms with Crippen LogP contribution in [0.2, 0.25) is 0 Å². The van der Waals surface area contributed by atoms with Gasteiger partial charge in [0.25, 0.3) is 0 Å². The molecule has 1 saturated carbocycles. The largest absolute Gasteiger partial charge is 0.329 e. The summed E-state index contributed by atoms with van der Waals surface area (Å²) in [4.78, 5) is 5.10. The molecule has 0 spiro atoms. The fourth-order valence-electron chi connectivity index (χ4n) is 2.19. The number of rotatable bonds is 5. The van der Waals surface area contributed by atoms with Gasteiger partial charge in [-0.15, -0.1) is 0 Å². The molecule has 2 rings (SSSR count). The molecule has 0 bridgehead atoms. The van der Waals surface area contributed by atoms with Crippen LogP contribution < -0.4 is 5.73 Å². The van der Waals surface area contributed by atoms with Crippen molar-refractivity contribution < 1.29 is 0 Å². The van der Waals surface area contributed by atoms with Gasteiger partial charge >= 0.3 is 0 Å². The van der Waals surface area contributed by atoms with Gasteiger partial charge in [-0.3, -0.25) is 4.90 Å². The monoisotopic (exact) mass is 197 g/mol. The van der Waals surface area contributed by atoms with Crippen molar-refractivity contribution in [2.45, 2.75) is 19.3 Å². The van der Waals surface area contributed by atoms with Crippen LogP contribution >= 0.6 is 0 Å². The van der Waals surface area contributed by atoms with Crippen LogP contribution in [0.25, 0.3) is 0 Å². The van der Waals surface area contributed by atoms with Crippen LogP contribution in [0.5, 0.6) is 0 Å². The molecule has 2 N–H and O–H groups in total. The molecular formula is C11H23N3. The molecule has 0 amide bonds. The summed E-state index contributed by atoms with van der Waals surface area (Å²) in [6.07, 6.45) is 4.43. The van der Waals surface area contributed by atoms with Crippen LogP contribution in [0.3, 0.4) is 0 Å². The van der Waals surface area contributed by atoms with E-state index >= 15 is 0 Å². The minimum atomic E-state index is 0.808. The standard InChI is InChI=1S/C11H23N3/c12-4-6-14-9-7-13(8-10-14)5-3-11-1-2-11/h11H,1-10,12H2. The van der Waals surface area contributed by atoms with E-state index in [9.17, 15) is 0 Å². The minimum absolute atomic E-state index is 0.808. The molecule has 0 aromatic heterocycles. The molecule has 1 heterocycles. The summed E-state index contributed by atoms with van der Waals surface area (Å²) in [5.74, 6) is 1.08. The Morgan fingerprint density at radius 2 is 1.50 bits per heavy atom. The molecule has 0 aromatic carbocycles. The van der Waals surface area contributed by atoms with Crippen molar-refractivity contribution in [2.24, 2.45) is 11.7 Å². The van der Waals surface area contributed by atoms with Crippen LogP contribution in [0.15, 0.2) is 0 Å². The second-order valence-corrected chi connectivity index (χ2v) is 4.70. The first-order valence-corrected chi connectivity index (χ1v) is 6.03. The molecule has 82 valence electrons. The second kappa shape index (κ2) is 5.10. The van der Waals surface area contributed by atoms with E-state index in [1.807, 2.05) is 0 Å². The lowest BCUT2D eigenvalue weighted by atomic mass is 10.2. The molecule has 3 heteroatoms. The molecule has 0 radical (unpaired) electrons. The van der Waals surface area contributed by atoms with E-state index in [0.717, 1.165) is 19.0 Å². The average molecular weight is 197 g/mol. The van der Waals surface area contributed by atoms with Gasteiger partial charge in [0.1, 0.15) is 0 Å². The molecule has 0 unspecified atom stereocenters. The molecule has 1 aliphatic heterocycles. The first-order valence-electron chi connectivity index (χ1n) is 6.03. The van der Waals surface area contributed by atoms with E-state index in [0.29, 0.717) is 0 Å². The Balaban J connectivity index is 1.57. The normalized spacial score (nSPS) is 25.5. The van der Waals surface area contributed by atoms with Crippen LogP contribution in [0, 0.1) is 5.92 Å². The van der Waals surface area contributed by atoms with E-state index in [-0.39, 0.29) is 0 Å². The summed E-state index contributed by atoms with van der Waals surface area (Å²) < 4.78 is 0. The molecule has 3 nitrogen and oxygen atoms in total. The molecule has 2 aliphatic rings. The van der Waals surface area contributed by atoms with E-state index in [1.54, 1.807) is 0 Å². The highest BCUT2D eigenvalue weighted by Gasteiger charge is 2.23. The molecule has 1 aliphatic carbocycles. The highest BCUT2D eigenvalue weighted by Crippen LogP contribution is 2.32. The van der Waals surface area contributed by atoms with Crippen molar-refractivity contribution in [3.05, 3.63) is 0 Å². The van der Waals surface area contributed by atoms with Gasteiger partial charge < -0.3 is 10.6 Å². The van der Waals surface area contributed by atoms with E-state index in [2.05, 4.69) is 9.80 Å². The van der Waals surface area contributed by atoms with Gasteiger partial charge in [-0.05, 0) is 18.9 Å². The summed E-state index contributed by atoms with van der Waals surface area (Å²) in [5.41, 5.74) is 5.55. The first kappa shape index (κ1) is 10.4. The Kier molecular flexibility index (Phi) is 3.79. The Morgan fingerprint density at radius 3 is 2.00 bits per heavy atom. The van der Waals surface area contributed by atoms with Crippen molar-refractivity contribution in [3.8, 4) is 0 Å². The first-order chi connectivity index (χ1) is 6.88. The predicted octanol–water partition coefficient (Wildman–Crippen LogP) is 0.363. The van der Waals surface area contributed by atoms with Gasteiger partial charge in [0, 0.05) is 39.3 Å². The number of nitrogens with zero attached hydrogens (tertiary/aromatic N) is 2. The van der Waals surface area contributed by atoms with Gasteiger partial charge in [0.05, 0.1) is 0 Å². The fourth-order valence-corrected chi connectivity index (χ4v) is 2.19. The zero-order valence-electron chi connectivity index (χ0n) is 9.12. The maximum Gasteiger partial charge on any atom is 0.0110 e. The smallest absolute Gasteiger partial charge is 0.0110 e. The maximum absolute atomic E-state index is 5.55. The van der Waals surface area contributed by atoms with Crippen molar-refractivity contribution in [1.29, 1.82) is 0 Å². The summed E-state index contributed by atoms with van der Waals surface area (Å²) in [7, 11) is 0. The van der Waals surface area contributed by atoms with E-state index in [4.69, 9.17) is 5.73 Å². The van der Waals surface area contributed by atoms with Crippen LogP contribution in [0.4, 0.5) is 0 Å². The molecule has 14 heavy (non-hydrogen) atoms.